The highest BCUT2D eigenvalue weighted by Gasteiger charge is 2.15. The van der Waals surface area contributed by atoms with Crippen molar-refractivity contribution in [3.05, 3.63) is 86.1 Å². The normalized spacial score (nSPS) is 11.4. The van der Waals surface area contributed by atoms with Gasteiger partial charge in [0, 0.05) is 6.20 Å². The van der Waals surface area contributed by atoms with Gasteiger partial charge in [-0.15, -0.1) is 11.3 Å². The van der Waals surface area contributed by atoms with E-state index in [1.54, 1.807) is 18.3 Å². The number of aryl methyl sites for hydroxylation is 1. The third-order valence-corrected chi connectivity index (χ3v) is 6.42. The second kappa shape index (κ2) is 7.51. The number of hydrogen-bond acceptors (Lipinski definition) is 7. The van der Waals surface area contributed by atoms with Gasteiger partial charge in [0.25, 0.3) is 11.1 Å². The molecule has 30 heavy (non-hydrogen) atoms. The monoisotopic (exact) mass is 433 g/mol. The van der Waals surface area contributed by atoms with Crippen molar-refractivity contribution in [2.75, 3.05) is 0 Å². The molecular formula is C21H15N5O2S2. The number of rotatable bonds is 4. The van der Waals surface area contributed by atoms with E-state index in [4.69, 9.17) is 4.98 Å². The Morgan fingerprint density at radius 3 is 2.77 bits per heavy atom. The van der Waals surface area contributed by atoms with Crippen LogP contribution < -0.4 is 11.1 Å². The maximum atomic E-state index is 13.2. The minimum Gasteiger partial charge on any atom is -0.309 e. The van der Waals surface area contributed by atoms with Crippen LogP contribution in [0, 0.1) is 6.92 Å². The predicted octanol–water partition coefficient (Wildman–Crippen LogP) is 3.68. The zero-order chi connectivity index (χ0) is 20.7. The molecule has 1 N–H and O–H groups in total. The van der Waals surface area contributed by atoms with E-state index in [-0.39, 0.29) is 11.1 Å². The summed E-state index contributed by atoms with van der Waals surface area (Å²) in [5.41, 5.74) is 1.94. The van der Waals surface area contributed by atoms with E-state index < -0.39 is 0 Å². The average Bonchev–Trinajstić information content (AvgIpc) is 3.23. The fourth-order valence-corrected chi connectivity index (χ4v) is 4.72. The third-order valence-electron chi connectivity index (χ3n) is 4.57. The number of H-pyrrole nitrogens is 1. The molecule has 5 aromatic rings. The summed E-state index contributed by atoms with van der Waals surface area (Å²) >= 11 is 2.69. The summed E-state index contributed by atoms with van der Waals surface area (Å²) in [5.74, 6) is 1.39. The van der Waals surface area contributed by atoms with Crippen LogP contribution in [0.15, 0.2) is 68.8 Å². The van der Waals surface area contributed by atoms with Gasteiger partial charge in [-0.2, -0.15) is 0 Å². The minimum atomic E-state index is -0.186. The van der Waals surface area contributed by atoms with Gasteiger partial charge in [-0.1, -0.05) is 30.0 Å². The molecule has 0 aliphatic heterocycles. The first-order valence-corrected chi connectivity index (χ1v) is 11.0. The lowest BCUT2D eigenvalue weighted by atomic mass is 10.2. The van der Waals surface area contributed by atoms with Gasteiger partial charge < -0.3 is 4.98 Å². The van der Waals surface area contributed by atoms with Crippen LogP contribution in [0.4, 0.5) is 0 Å². The number of nitrogens with zero attached hydrogens (tertiary/aromatic N) is 4. The number of fused-ring (bicyclic) bond motifs is 2. The van der Waals surface area contributed by atoms with Gasteiger partial charge in [0.05, 0.1) is 22.2 Å². The molecule has 0 saturated carbocycles. The Balaban J connectivity index is 1.61. The van der Waals surface area contributed by atoms with Crippen LogP contribution in [0.2, 0.25) is 0 Å². The fraction of sp³-hybridized carbons (Fsp3) is 0.0952. The number of thiophene rings is 1. The second-order valence-electron chi connectivity index (χ2n) is 6.68. The van der Waals surface area contributed by atoms with E-state index in [0.717, 1.165) is 5.56 Å². The molecule has 0 saturated heterocycles. The molecular weight excluding hydrogens is 418 g/mol. The molecule has 5 rings (SSSR count). The van der Waals surface area contributed by atoms with Crippen molar-refractivity contribution in [1.29, 1.82) is 0 Å². The summed E-state index contributed by atoms with van der Waals surface area (Å²) in [6.07, 6.45) is 1.72. The van der Waals surface area contributed by atoms with E-state index in [1.165, 1.54) is 27.7 Å². The summed E-state index contributed by atoms with van der Waals surface area (Å²) in [4.78, 5) is 41.9. The Labute approximate surface area is 178 Å². The van der Waals surface area contributed by atoms with Crippen LogP contribution in [0.25, 0.3) is 26.9 Å². The topological polar surface area (TPSA) is 93.5 Å². The van der Waals surface area contributed by atoms with Crippen LogP contribution in [0.1, 0.15) is 11.4 Å². The lowest BCUT2D eigenvalue weighted by Crippen LogP contribution is -2.22. The number of thioether (sulfide) groups is 1. The van der Waals surface area contributed by atoms with Gasteiger partial charge in [-0.3, -0.25) is 9.59 Å². The molecule has 0 aliphatic carbocycles. The molecule has 1 aromatic carbocycles. The molecule has 0 fully saturated rings. The van der Waals surface area contributed by atoms with Gasteiger partial charge in [-0.05, 0) is 42.1 Å². The lowest BCUT2D eigenvalue weighted by Gasteiger charge is -2.12. The number of aromatic amines is 1. The van der Waals surface area contributed by atoms with Crippen molar-refractivity contribution in [2.45, 2.75) is 17.8 Å². The van der Waals surface area contributed by atoms with Gasteiger partial charge >= 0.3 is 0 Å². The summed E-state index contributed by atoms with van der Waals surface area (Å²) in [6.45, 7) is 1.94. The first-order chi connectivity index (χ1) is 14.6. The summed E-state index contributed by atoms with van der Waals surface area (Å²) in [7, 11) is 0. The Hall–Kier alpha value is -3.30. The summed E-state index contributed by atoms with van der Waals surface area (Å²) in [6, 6.07) is 12.8. The number of benzene rings is 1. The first kappa shape index (κ1) is 18.7. The fourth-order valence-electron chi connectivity index (χ4n) is 3.13. The van der Waals surface area contributed by atoms with E-state index >= 15 is 0 Å². The third kappa shape index (κ3) is 3.31. The number of nitrogens with one attached hydrogen (secondary N) is 1. The number of pyridine rings is 1. The quantitative estimate of drug-likeness (QED) is 0.343. The van der Waals surface area contributed by atoms with E-state index in [2.05, 4.69) is 15.0 Å². The maximum Gasteiger partial charge on any atom is 0.268 e. The molecule has 0 radical (unpaired) electrons. The molecule has 0 unspecified atom stereocenters. The Kier molecular flexibility index (Phi) is 4.68. The molecule has 0 amide bonds. The summed E-state index contributed by atoms with van der Waals surface area (Å²) in [5, 5.41) is 2.86. The smallest absolute Gasteiger partial charge is 0.268 e. The van der Waals surface area contributed by atoms with E-state index in [0.29, 0.717) is 43.7 Å². The largest absolute Gasteiger partial charge is 0.309 e. The Morgan fingerprint density at radius 1 is 1.07 bits per heavy atom. The molecule has 9 heteroatoms. The summed E-state index contributed by atoms with van der Waals surface area (Å²) < 4.78 is 2.11. The van der Waals surface area contributed by atoms with Crippen LogP contribution in [-0.2, 0) is 5.75 Å². The predicted molar refractivity (Wildman–Crippen MR) is 120 cm³/mol. The van der Waals surface area contributed by atoms with Crippen molar-refractivity contribution >= 4 is 44.2 Å². The highest BCUT2D eigenvalue weighted by molar-refractivity contribution is 7.98. The molecule has 0 atom stereocenters. The first-order valence-electron chi connectivity index (χ1n) is 9.14. The molecule has 0 bridgehead atoms. The van der Waals surface area contributed by atoms with Crippen LogP contribution in [0.3, 0.4) is 0 Å². The van der Waals surface area contributed by atoms with Crippen molar-refractivity contribution in [3.63, 3.8) is 0 Å². The standard InChI is InChI=1S/C21H15N5O2S2/c1-12-6-7-17(22-10-12)26-20(28)13-4-2-3-5-14(13)24-21(26)30-11-16-23-15-8-9-29-18(15)19(27)25-16/h2-10H,11H2,1H3,(H,23,25,27). The molecule has 7 nitrogen and oxygen atoms in total. The van der Waals surface area contributed by atoms with Gasteiger partial charge in [-0.25, -0.2) is 19.5 Å². The second-order valence-corrected chi connectivity index (χ2v) is 8.54. The molecule has 0 spiro atoms. The highest BCUT2D eigenvalue weighted by atomic mass is 32.2. The van der Waals surface area contributed by atoms with Gasteiger partial charge in [0.1, 0.15) is 16.3 Å². The Bertz CT molecular complexity index is 1500. The van der Waals surface area contributed by atoms with Crippen LogP contribution in [-0.4, -0.2) is 24.5 Å². The van der Waals surface area contributed by atoms with Crippen molar-refractivity contribution < 1.29 is 0 Å². The van der Waals surface area contributed by atoms with Crippen molar-refractivity contribution in [1.82, 2.24) is 24.5 Å². The average molecular weight is 434 g/mol. The number of aromatic nitrogens is 5. The lowest BCUT2D eigenvalue weighted by molar-refractivity contribution is 0.793. The van der Waals surface area contributed by atoms with Crippen molar-refractivity contribution in [3.8, 4) is 5.82 Å². The molecule has 4 aromatic heterocycles. The molecule has 4 heterocycles. The number of hydrogen-bond donors (Lipinski definition) is 1. The highest BCUT2D eigenvalue weighted by Crippen LogP contribution is 2.24. The molecule has 0 aliphatic rings. The zero-order valence-corrected chi connectivity index (χ0v) is 17.5. The Morgan fingerprint density at radius 2 is 1.93 bits per heavy atom. The van der Waals surface area contributed by atoms with Gasteiger partial charge in [0.15, 0.2) is 5.16 Å². The molecule has 148 valence electrons. The zero-order valence-electron chi connectivity index (χ0n) is 15.8. The van der Waals surface area contributed by atoms with Crippen LogP contribution in [0.5, 0.6) is 0 Å². The van der Waals surface area contributed by atoms with Crippen molar-refractivity contribution in [2.24, 2.45) is 0 Å². The van der Waals surface area contributed by atoms with Crippen LogP contribution >= 0.6 is 23.1 Å². The number of para-hydroxylation sites is 1. The van der Waals surface area contributed by atoms with E-state index in [9.17, 15) is 9.59 Å². The SMILES string of the molecule is Cc1ccc(-n2c(SCc3nc4ccsc4c(=O)[nH]3)nc3ccccc3c2=O)nc1. The van der Waals surface area contributed by atoms with Gasteiger partial charge in [0.2, 0.25) is 0 Å². The minimum absolute atomic E-state index is 0.158. The maximum absolute atomic E-state index is 13.2. The van der Waals surface area contributed by atoms with E-state index in [1.807, 2.05) is 42.6 Å².